The topological polar surface area (TPSA) is 98.2 Å². The number of nitrogens with zero attached hydrogens (tertiary/aromatic N) is 5. The Balaban J connectivity index is 1.39. The Kier molecular flexibility index (Phi) is 7.32. The number of aromatic nitrogens is 5. The number of H-pyrrole nitrogens is 1. The summed E-state index contributed by atoms with van der Waals surface area (Å²) in [7, 11) is 0. The van der Waals surface area contributed by atoms with E-state index in [0.717, 1.165) is 42.4 Å². The number of fused-ring (bicyclic) bond motifs is 2. The Morgan fingerprint density at radius 1 is 1.05 bits per heavy atom. The molecule has 1 unspecified atom stereocenters. The molecule has 1 atom stereocenters. The van der Waals surface area contributed by atoms with Gasteiger partial charge in [0.1, 0.15) is 13.2 Å². The summed E-state index contributed by atoms with van der Waals surface area (Å²) in [4.78, 5) is 18.8. The SMILES string of the molecule is CCCC(c1nnnn1C1CCCC1)N(Cc1ccc(C)cc1)Cc1cc2cc3c(cc2[nH]c1=O)OCCO3. The highest BCUT2D eigenvalue weighted by Crippen LogP contribution is 2.36. The largest absolute Gasteiger partial charge is 0.486 e. The minimum Gasteiger partial charge on any atom is -0.486 e. The van der Waals surface area contributed by atoms with E-state index in [9.17, 15) is 4.79 Å². The van der Waals surface area contributed by atoms with Crippen LogP contribution in [0, 0.1) is 6.92 Å². The van der Waals surface area contributed by atoms with Crippen molar-refractivity contribution < 1.29 is 9.47 Å². The molecule has 2 aromatic carbocycles. The second-order valence-corrected chi connectivity index (χ2v) is 10.8. The van der Waals surface area contributed by atoms with Crippen molar-refractivity contribution in [1.82, 2.24) is 30.1 Å². The number of nitrogens with one attached hydrogen (secondary N) is 1. The molecular weight excluding hydrogens is 492 g/mol. The minimum absolute atomic E-state index is 0.0257. The van der Waals surface area contributed by atoms with Crippen LogP contribution in [0.3, 0.4) is 0 Å². The Morgan fingerprint density at radius 2 is 1.79 bits per heavy atom. The average Bonchev–Trinajstić information content (AvgIpc) is 3.64. The zero-order valence-corrected chi connectivity index (χ0v) is 22.7. The van der Waals surface area contributed by atoms with Gasteiger partial charge in [-0.1, -0.05) is 56.0 Å². The zero-order valence-electron chi connectivity index (χ0n) is 22.7. The third kappa shape index (κ3) is 5.41. The van der Waals surface area contributed by atoms with E-state index in [-0.39, 0.29) is 11.6 Å². The highest BCUT2D eigenvalue weighted by atomic mass is 16.6. The fourth-order valence-electron chi connectivity index (χ4n) is 5.91. The van der Waals surface area contributed by atoms with E-state index in [1.54, 1.807) is 0 Å². The Morgan fingerprint density at radius 3 is 2.54 bits per heavy atom. The number of benzene rings is 2. The normalized spacial score (nSPS) is 16.3. The summed E-state index contributed by atoms with van der Waals surface area (Å²) in [6.45, 7) is 6.46. The van der Waals surface area contributed by atoms with Crippen LogP contribution >= 0.6 is 0 Å². The van der Waals surface area contributed by atoms with Gasteiger partial charge in [-0.2, -0.15) is 0 Å². The monoisotopic (exact) mass is 528 g/mol. The Bertz CT molecular complexity index is 1490. The molecule has 4 aromatic rings. The second kappa shape index (κ2) is 11.2. The van der Waals surface area contributed by atoms with Crippen molar-refractivity contribution in [2.75, 3.05) is 13.2 Å². The van der Waals surface area contributed by atoms with Gasteiger partial charge in [0.25, 0.3) is 5.56 Å². The predicted molar refractivity (Wildman–Crippen MR) is 149 cm³/mol. The van der Waals surface area contributed by atoms with Crippen molar-refractivity contribution in [2.24, 2.45) is 0 Å². The van der Waals surface area contributed by atoms with Crippen LogP contribution in [0.2, 0.25) is 0 Å². The molecule has 9 heteroatoms. The number of aryl methyl sites for hydroxylation is 1. The van der Waals surface area contributed by atoms with Gasteiger partial charge in [0, 0.05) is 30.1 Å². The van der Waals surface area contributed by atoms with Crippen LogP contribution < -0.4 is 15.0 Å². The molecule has 0 spiro atoms. The number of hydrogen-bond donors (Lipinski definition) is 1. The zero-order chi connectivity index (χ0) is 26.8. The van der Waals surface area contributed by atoms with E-state index < -0.39 is 0 Å². The summed E-state index contributed by atoms with van der Waals surface area (Å²) in [6.07, 6.45) is 6.50. The molecule has 1 aliphatic heterocycles. The molecule has 3 heterocycles. The maximum atomic E-state index is 13.4. The van der Waals surface area contributed by atoms with Gasteiger partial charge in [0.05, 0.1) is 17.6 Å². The Labute approximate surface area is 228 Å². The molecule has 1 fully saturated rings. The quantitative estimate of drug-likeness (QED) is 0.317. The maximum absolute atomic E-state index is 13.4. The molecule has 39 heavy (non-hydrogen) atoms. The molecule has 2 aromatic heterocycles. The van der Waals surface area contributed by atoms with E-state index in [2.05, 4.69) is 68.2 Å². The summed E-state index contributed by atoms with van der Waals surface area (Å²) in [5.74, 6) is 2.27. The number of tetrazole rings is 1. The van der Waals surface area contributed by atoms with Gasteiger partial charge in [-0.25, -0.2) is 4.68 Å². The van der Waals surface area contributed by atoms with Crippen molar-refractivity contribution in [3.8, 4) is 11.5 Å². The number of ether oxygens (including phenoxy) is 2. The summed E-state index contributed by atoms with van der Waals surface area (Å²) in [5, 5.41) is 14.0. The first-order chi connectivity index (χ1) is 19.1. The van der Waals surface area contributed by atoms with Crippen molar-refractivity contribution >= 4 is 10.9 Å². The van der Waals surface area contributed by atoms with E-state index in [1.807, 2.05) is 18.2 Å². The third-order valence-electron chi connectivity index (χ3n) is 7.95. The lowest BCUT2D eigenvalue weighted by molar-refractivity contribution is 0.153. The summed E-state index contributed by atoms with van der Waals surface area (Å²) in [6, 6.07) is 14.7. The molecule has 0 amide bonds. The lowest BCUT2D eigenvalue weighted by Crippen LogP contribution is -2.33. The van der Waals surface area contributed by atoms with Crippen LogP contribution in [0.15, 0.2) is 47.3 Å². The van der Waals surface area contributed by atoms with Gasteiger partial charge in [0.2, 0.25) is 0 Å². The predicted octanol–water partition coefficient (Wildman–Crippen LogP) is 5.25. The van der Waals surface area contributed by atoms with Crippen LogP contribution in [0.4, 0.5) is 0 Å². The van der Waals surface area contributed by atoms with Crippen LogP contribution in [0.25, 0.3) is 10.9 Å². The first-order valence-electron chi connectivity index (χ1n) is 14.1. The molecular formula is C30H36N6O3. The number of hydrogen-bond acceptors (Lipinski definition) is 7. The molecule has 6 rings (SSSR count). The van der Waals surface area contributed by atoms with Crippen molar-refractivity contribution in [2.45, 2.75) is 77.5 Å². The molecule has 2 aliphatic rings. The van der Waals surface area contributed by atoms with E-state index in [0.29, 0.717) is 49.4 Å². The van der Waals surface area contributed by atoms with Crippen molar-refractivity contribution in [1.29, 1.82) is 0 Å². The molecule has 1 N–H and O–H groups in total. The van der Waals surface area contributed by atoms with Crippen LogP contribution in [0.5, 0.6) is 11.5 Å². The third-order valence-corrected chi connectivity index (χ3v) is 7.95. The van der Waals surface area contributed by atoms with Crippen LogP contribution in [-0.4, -0.2) is 43.3 Å². The van der Waals surface area contributed by atoms with E-state index in [4.69, 9.17) is 9.47 Å². The van der Waals surface area contributed by atoms with Gasteiger partial charge >= 0.3 is 0 Å². The maximum Gasteiger partial charge on any atom is 0.252 e. The highest BCUT2D eigenvalue weighted by molar-refractivity contribution is 5.83. The van der Waals surface area contributed by atoms with Crippen LogP contribution in [-0.2, 0) is 13.1 Å². The summed E-state index contributed by atoms with van der Waals surface area (Å²) in [5.41, 5.74) is 3.76. The van der Waals surface area contributed by atoms with E-state index >= 15 is 0 Å². The van der Waals surface area contributed by atoms with Crippen molar-refractivity contribution in [3.05, 3.63) is 75.3 Å². The van der Waals surface area contributed by atoms with Gasteiger partial charge in [0.15, 0.2) is 17.3 Å². The minimum atomic E-state index is -0.0984. The van der Waals surface area contributed by atoms with Gasteiger partial charge < -0.3 is 14.5 Å². The molecule has 0 saturated heterocycles. The number of rotatable bonds is 9. The molecule has 204 valence electrons. The first kappa shape index (κ1) is 25.6. The molecule has 0 bridgehead atoms. The lowest BCUT2D eigenvalue weighted by atomic mass is 10.0. The highest BCUT2D eigenvalue weighted by Gasteiger charge is 2.30. The standard InChI is InChI=1S/C30H36N6O3/c1-3-6-26(29-32-33-34-36(29)24-7-4-5-8-24)35(18-21-11-9-20(2)10-12-21)19-23-15-22-16-27-28(39-14-13-38-27)17-25(22)31-30(23)37/h9-12,15-17,24,26H,3-8,13-14,18-19H2,1-2H3,(H,31,37). The molecule has 0 radical (unpaired) electrons. The lowest BCUT2D eigenvalue weighted by Gasteiger charge is -2.31. The van der Waals surface area contributed by atoms with Crippen LogP contribution in [0.1, 0.15) is 80.0 Å². The van der Waals surface area contributed by atoms with Crippen molar-refractivity contribution in [3.63, 3.8) is 0 Å². The first-order valence-corrected chi connectivity index (χ1v) is 14.1. The molecule has 1 aliphatic carbocycles. The van der Waals surface area contributed by atoms with E-state index in [1.165, 1.54) is 24.0 Å². The molecule has 1 saturated carbocycles. The fourth-order valence-corrected chi connectivity index (χ4v) is 5.91. The van der Waals surface area contributed by atoms with Gasteiger partial charge in [-0.05, 0) is 54.3 Å². The second-order valence-electron chi connectivity index (χ2n) is 10.8. The number of aromatic amines is 1. The van der Waals surface area contributed by atoms with Gasteiger partial charge in [-0.15, -0.1) is 5.10 Å². The summed E-state index contributed by atoms with van der Waals surface area (Å²) < 4.78 is 13.6. The number of pyridine rings is 1. The Hall–Kier alpha value is -3.72. The summed E-state index contributed by atoms with van der Waals surface area (Å²) >= 11 is 0. The van der Waals surface area contributed by atoms with Gasteiger partial charge in [-0.3, -0.25) is 9.69 Å². The fraction of sp³-hybridized carbons (Fsp3) is 0.467. The average molecular weight is 529 g/mol. The molecule has 9 nitrogen and oxygen atoms in total. The smallest absolute Gasteiger partial charge is 0.252 e.